The molecule has 1 heterocycles. The molecule has 0 aromatic carbocycles. The molecule has 1 aliphatic rings. The number of carbonyl (C=O) groups is 2. The Morgan fingerprint density at radius 2 is 1.62 bits per heavy atom. The van der Waals surface area contributed by atoms with Crippen LogP contribution < -0.4 is 0 Å². The van der Waals surface area contributed by atoms with E-state index in [2.05, 4.69) is 0 Å². The third-order valence-corrected chi connectivity index (χ3v) is 5.22. The Balaban J connectivity index is 2.65. The van der Waals surface area contributed by atoms with Crippen molar-refractivity contribution in [2.45, 2.75) is 33.2 Å². The molecule has 7 nitrogen and oxygen atoms in total. The van der Waals surface area contributed by atoms with E-state index in [9.17, 15) is 18.0 Å². The minimum Gasteiger partial charge on any atom is -0.339 e. The van der Waals surface area contributed by atoms with Gasteiger partial charge >= 0.3 is 0 Å². The molecule has 21 heavy (non-hydrogen) atoms. The van der Waals surface area contributed by atoms with Gasteiger partial charge in [-0.05, 0) is 13.3 Å². The van der Waals surface area contributed by atoms with Gasteiger partial charge in [0.05, 0.1) is 12.8 Å². The molecule has 122 valence electrons. The molecular weight excluding hydrogens is 294 g/mol. The standard InChI is InChI=1S/C13H25N3O4S/c1-5-11(2)16(21(4,19)20)10-13(18)15-8-6-14(7-9-15)12(3)17/h11H,5-10H2,1-4H3. The van der Waals surface area contributed by atoms with E-state index in [0.29, 0.717) is 32.6 Å². The molecule has 0 bridgehead atoms. The third-order valence-electron chi connectivity index (χ3n) is 3.88. The van der Waals surface area contributed by atoms with Crippen LogP contribution in [-0.2, 0) is 19.6 Å². The van der Waals surface area contributed by atoms with Crippen molar-refractivity contribution in [3.63, 3.8) is 0 Å². The maximum absolute atomic E-state index is 12.3. The summed E-state index contributed by atoms with van der Waals surface area (Å²) in [5.74, 6) is -0.205. The van der Waals surface area contributed by atoms with Gasteiger partial charge in [-0.3, -0.25) is 9.59 Å². The van der Waals surface area contributed by atoms with Gasteiger partial charge < -0.3 is 9.80 Å². The molecule has 0 aromatic rings. The van der Waals surface area contributed by atoms with Crippen molar-refractivity contribution in [1.29, 1.82) is 0 Å². The monoisotopic (exact) mass is 319 g/mol. The smallest absolute Gasteiger partial charge is 0.238 e. The summed E-state index contributed by atoms with van der Waals surface area (Å²) in [5, 5.41) is 0. The fraction of sp³-hybridized carbons (Fsp3) is 0.846. The van der Waals surface area contributed by atoms with Crippen LogP contribution in [0.1, 0.15) is 27.2 Å². The van der Waals surface area contributed by atoms with Crippen molar-refractivity contribution >= 4 is 21.8 Å². The van der Waals surface area contributed by atoms with Crippen LogP contribution in [0.5, 0.6) is 0 Å². The number of hydrogen-bond acceptors (Lipinski definition) is 4. The van der Waals surface area contributed by atoms with E-state index < -0.39 is 10.0 Å². The molecule has 1 rings (SSSR count). The Morgan fingerprint density at radius 1 is 1.14 bits per heavy atom. The molecule has 0 aromatic heterocycles. The first kappa shape index (κ1) is 17.9. The van der Waals surface area contributed by atoms with E-state index in [0.717, 1.165) is 6.26 Å². The number of nitrogens with zero attached hydrogens (tertiary/aromatic N) is 3. The number of hydrogen-bond donors (Lipinski definition) is 0. The van der Waals surface area contributed by atoms with Gasteiger partial charge in [-0.2, -0.15) is 4.31 Å². The van der Waals surface area contributed by atoms with Crippen LogP contribution in [0.25, 0.3) is 0 Å². The van der Waals surface area contributed by atoms with Crippen LogP contribution >= 0.6 is 0 Å². The first-order valence-electron chi connectivity index (χ1n) is 7.17. The van der Waals surface area contributed by atoms with Gasteiger partial charge in [-0.1, -0.05) is 6.92 Å². The van der Waals surface area contributed by atoms with Crippen LogP contribution in [0.15, 0.2) is 0 Å². The normalized spacial score (nSPS) is 18.0. The lowest BCUT2D eigenvalue weighted by Crippen LogP contribution is -2.53. The fourth-order valence-electron chi connectivity index (χ4n) is 2.31. The molecule has 1 fully saturated rings. The lowest BCUT2D eigenvalue weighted by molar-refractivity contribution is -0.138. The van der Waals surface area contributed by atoms with Gasteiger partial charge in [-0.25, -0.2) is 8.42 Å². The highest BCUT2D eigenvalue weighted by atomic mass is 32.2. The molecule has 1 unspecified atom stereocenters. The summed E-state index contributed by atoms with van der Waals surface area (Å²) in [6, 6.07) is -0.206. The second-order valence-electron chi connectivity index (χ2n) is 5.45. The Kier molecular flexibility index (Phi) is 6.15. The van der Waals surface area contributed by atoms with E-state index in [4.69, 9.17) is 0 Å². The van der Waals surface area contributed by atoms with Gasteiger partial charge in [0.15, 0.2) is 0 Å². The zero-order valence-electron chi connectivity index (χ0n) is 13.2. The molecule has 0 radical (unpaired) electrons. The van der Waals surface area contributed by atoms with Crippen LogP contribution in [-0.4, -0.2) is 79.4 Å². The number of rotatable bonds is 5. The van der Waals surface area contributed by atoms with Gasteiger partial charge in [-0.15, -0.1) is 0 Å². The maximum atomic E-state index is 12.3. The fourth-order valence-corrected chi connectivity index (χ4v) is 3.46. The molecule has 1 saturated heterocycles. The lowest BCUT2D eigenvalue weighted by Gasteiger charge is -2.35. The van der Waals surface area contributed by atoms with Crippen LogP contribution in [0.4, 0.5) is 0 Å². The molecule has 1 aliphatic heterocycles. The van der Waals surface area contributed by atoms with E-state index in [-0.39, 0.29) is 24.4 Å². The molecule has 2 amide bonds. The Morgan fingerprint density at radius 3 is 2.00 bits per heavy atom. The summed E-state index contributed by atoms with van der Waals surface area (Å²) in [6.45, 7) is 6.97. The van der Waals surface area contributed by atoms with E-state index in [1.165, 1.54) is 11.2 Å². The number of sulfonamides is 1. The molecule has 0 N–H and O–H groups in total. The third kappa shape index (κ3) is 4.96. The molecule has 0 saturated carbocycles. The second kappa shape index (κ2) is 7.22. The predicted octanol–water partition coefficient (Wildman–Crippen LogP) is -0.263. The summed E-state index contributed by atoms with van der Waals surface area (Å²) in [5.41, 5.74) is 0. The van der Waals surface area contributed by atoms with Crippen LogP contribution in [0, 0.1) is 0 Å². The van der Waals surface area contributed by atoms with Gasteiger partial charge in [0.25, 0.3) is 0 Å². The number of piperazine rings is 1. The van der Waals surface area contributed by atoms with Crippen molar-refractivity contribution < 1.29 is 18.0 Å². The average molecular weight is 319 g/mol. The Bertz CT molecular complexity index is 484. The van der Waals surface area contributed by atoms with Crippen molar-refractivity contribution in [2.75, 3.05) is 39.0 Å². The van der Waals surface area contributed by atoms with Crippen LogP contribution in [0.3, 0.4) is 0 Å². The minimum atomic E-state index is -3.41. The Hall–Kier alpha value is -1.15. The largest absolute Gasteiger partial charge is 0.339 e. The number of carbonyl (C=O) groups excluding carboxylic acids is 2. The zero-order valence-corrected chi connectivity index (χ0v) is 14.0. The van der Waals surface area contributed by atoms with Gasteiger partial charge in [0.2, 0.25) is 21.8 Å². The second-order valence-corrected chi connectivity index (χ2v) is 7.39. The average Bonchev–Trinajstić information content (AvgIpc) is 2.42. The highest BCUT2D eigenvalue weighted by molar-refractivity contribution is 7.88. The summed E-state index contributed by atoms with van der Waals surface area (Å²) < 4.78 is 24.8. The lowest BCUT2D eigenvalue weighted by atomic mass is 10.2. The van der Waals surface area contributed by atoms with Gasteiger partial charge in [0.1, 0.15) is 0 Å². The van der Waals surface area contributed by atoms with E-state index in [1.54, 1.807) is 16.7 Å². The summed E-state index contributed by atoms with van der Waals surface area (Å²) in [4.78, 5) is 26.8. The van der Waals surface area contributed by atoms with Crippen molar-refractivity contribution in [2.24, 2.45) is 0 Å². The van der Waals surface area contributed by atoms with Crippen molar-refractivity contribution in [1.82, 2.24) is 14.1 Å². The van der Waals surface area contributed by atoms with E-state index in [1.807, 2.05) is 6.92 Å². The molecule has 1 atom stereocenters. The van der Waals surface area contributed by atoms with E-state index >= 15 is 0 Å². The highest BCUT2D eigenvalue weighted by Gasteiger charge is 2.29. The van der Waals surface area contributed by atoms with Crippen LogP contribution in [0.2, 0.25) is 0 Å². The minimum absolute atomic E-state index is 0.000494. The quantitative estimate of drug-likeness (QED) is 0.699. The predicted molar refractivity (Wildman–Crippen MR) is 80.1 cm³/mol. The zero-order chi connectivity index (χ0) is 16.2. The summed E-state index contributed by atoms with van der Waals surface area (Å²) in [6.07, 6.45) is 1.78. The topological polar surface area (TPSA) is 78.0 Å². The maximum Gasteiger partial charge on any atom is 0.238 e. The first-order chi connectivity index (χ1) is 9.66. The highest BCUT2D eigenvalue weighted by Crippen LogP contribution is 2.11. The summed E-state index contributed by atoms with van der Waals surface area (Å²) >= 11 is 0. The SMILES string of the molecule is CCC(C)N(CC(=O)N1CCN(C(C)=O)CC1)S(C)(=O)=O. The molecule has 8 heteroatoms. The van der Waals surface area contributed by atoms with Crippen molar-refractivity contribution in [3.8, 4) is 0 Å². The van der Waals surface area contributed by atoms with Gasteiger partial charge in [0, 0.05) is 39.1 Å². The summed E-state index contributed by atoms with van der Waals surface area (Å²) in [7, 11) is -3.41. The molecular formula is C13H25N3O4S. The number of amides is 2. The molecule has 0 aliphatic carbocycles. The molecule has 0 spiro atoms. The van der Waals surface area contributed by atoms with Crippen molar-refractivity contribution in [3.05, 3.63) is 0 Å². The Labute approximate surface area is 126 Å². The first-order valence-corrected chi connectivity index (χ1v) is 9.01.